The number of carbonyl (C=O) groups excluding carboxylic acids is 1. The van der Waals surface area contributed by atoms with Crippen molar-refractivity contribution in [1.82, 2.24) is 4.90 Å². The van der Waals surface area contributed by atoms with E-state index in [4.69, 9.17) is 10.6 Å². The molecule has 0 heterocycles. The summed E-state index contributed by atoms with van der Waals surface area (Å²) in [6.45, 7) is 4.32. The van der Waals surface area contributed by atoms with Gasteiger partial charge in [-0.15, -0.1) is 0 Å². The fourth-order valence-electron chi connectivity index (χ4n) is 1.78. The number of anilines is 1. The van der Waals surface area contributed by atoms with Crippen molar-refractivity contribution >= 4 is 11.6 Å². The van der Waals surface area contributed by atoms with Gasteiger partial charge in [0.2, 0.25) is 0 Å². The average molecular weight is 287 g/mol. The molecule has 0 spiro atoms. The summed E-state index contributed by atoms with van der Waals surface area (Å²) in [6.07, 6.45) is 0. The smallest absolute Gasteiger partial charge is 0.254 e. The van der Waals surface area contributed by atoms with Gasteiger partial charge < -0.3 is 15.1 Å². The van der Waals surface area contributed by atoms with Crippen molar-refractivity contribution in [3.63, 3.8) is 0 Å². The Bertz CT molecular complexity index is 458. The first-order valence-electron chi connectivity index (χ1n) is 6.18. The van der Waals surface area contributed by atoms with Gasteiger partial charge in [0.05, 0.1) is 6.61 Å². The molecule has 0 saturated heterocycles. The molecule has 0 aliphatic carbocycles. The van der Waals surface area contributed by atoms with Gasteiger partial charge in [0, 0.05) is 25.3 Å². The standard InChI is InChI=1S/C13H19F2N3O2/c1-8(2)18(4-5-20-3)13(19)9-6-10(14)12(17-16)11(15)7-9/h6-8,17H,4-5,16H2,1-3H3. The third-order valence-corrected chi connectivity index (χ3v) is 2.85. The zero-order chi connectivity index (χ0) is 15.3. The fraction of sp³-hybridized carbons (Fsp3) is 0.462. The predicted molar refractivity (Wildman–Crippen MR) is 72.2 cm³/mol. The van der Waals surface area contributed by atoms with Gasteiger partial charge in [-0.1, -0.05) is 0 Å². The molecule has 20 heavy (non-hydrogen) atoms. The van der Waals surface area contributed by atoms with Gasteiger partial charge >= 0.3 is 0 Å². The lowest BCUT2D eigenvalue weighted by Crippen LogP contribution is -2.39. The molecule has 0 saturated carbocycles. The van der Waals surface area contributed by atoms with Crippen LogP contribution >= 0.6 is 0 Å². The third-order valence-electron chi connectivity index (χ3n) is 2.85. The Balaban J connectivity index is 3.06. The highest BCUT2D eigenvalue weighted by molar-refractivity contribution is 5.94. The minimum Gasteiger partial charge on any atom is -0.383 e. The van der Waals surface area contributed by atoms with Crippen LogP contribution in [0.15, 0.2) is 12.1 Å². The first-order chi connectivity index (χ1) is 9.42. The summed E-state index contributed by atoms with van der Waals surface area (Å²) in [5, 5.41) is 0. The lowest BCUT2D eigenvalue weighted by molar-refractivity contribution is 0.0634. The molecule has 0 atom stereocenters. The number of rotatable bonds is 6. The van der Waals surface area contributed by atoms with Crippen molar-refractivity contribution in [3.05, 3.63) is 29.3 Å². The van der Waals surface area contributed by atoms with Crippen LogP contribution in [0.5, 0.6) is 0 Å². The topological polar surface area (TPSA) is 67.6 Å². The summed E-state index contributed by atoms with van der Waals surface area (Å²) >= 11 is 0. The second-order valence-corrected chi connectivity index (χ2v) is 4.54. The summed E-state index contributed by atoms with van der Waals surface area (Å²) in [7, 11) is 1.52. The van der Waals surface area contributed by atoms with Crippen LogP contribution in [0, 0.1) is 11.6 Å². The van der Waals surface area contributed by atoms with Crippen molar-refractivity contribution in [2.75, 3.05) is 25.7 Å². The molecular formula is C13H19F2N3O2. The number of benzene rings is 1. The fourth-order valence-corrected chi connectivity index (χ4v) is 1.78. The van der Waals surface area contributed by atoms with Gasteiger partial charge in [-0.25, -0.2) is 8.78 Å². The lowest BCUT2D eigenvalue weighted by atomic mass is 10.1. The van der Waals surface area contributed by atoms with Gasteiger partial charge in [-0.2, -0.15) is 0 Å². The van der Waals surface area contributed by atoms with E-state index in [1.807, 2.05) is 19.3 Å². The SMILES string of the molecule is COCCN(C(=O)c1cc(F)c(NN)c(F)c1)C(C)C. The van der Waals surface area contributed by atoms with E-state index in [0.717, 1.165) is 12.1 Å². The highest BCUT2D eigenvalue weighted by Crippen LogP contribution is 2.21. The van der Waals surface area contributed by atoms with Crippen molar-refractivity contribution < 1.29 is 18.3 Å². The van der Waals surface area contributed by atoms with E-state index < -0.39 is 23.2 Å². The average Bonchev–Trinajstić information content (AvgIpc) is 2.38. The van der Waals surface area contributed by atoms with Gasteiger partial charge in [0.15, 0.2) is 11.6 Å². The highest BCUT2D eigenvalue weighted by atomic mass is 19.1. The van der Waals surface area contributed by atoms with Crippen molar-refractivity contribution in [1.29, 1.82) is 0 Å². The molecular weight excluding hydrogens is 268 g/mol. The Morgan fingerprint density at radius 3 is 2.35 bits per heavy atom. The number of halogens is 2. The Morgan fingerprint density at radius 2 is 1.95 bits per heavy atom. The number of methoxy groups -OCH3 is 1. The van der Waals surface area contributed by atoms with Crippen LogP contribution in [-0.2, 0) is 4.74 Å². The molecule has 1 aromatic carbocycles. The molecule has 1 amide bonds. The number of nitrogens with zero attached hydrogens (tertiary/aromatic N) is 1. The molecule has 112 valence electrons. The van der Waals surface area contributed by atoms with Gasteiger partial charge in [-0.3, -0.25) is 10.6 Å². The monoisotopic (exact) mass is 287 g/mol. The van der Waals surface area contributed by atoms with Crippen molar-refractivity contribution in [2.45, 2.75) is 19.9 Å². The largest absolute Gasteiger partial charge is 0.383 e. The Kier molecular flexibility index (Phi) is 5.84. The first-order valence-corrected chi connectivity index (χ1v) is 6.18. The molecule has 1 aromatic rings. The number of carbonyl (C=O) groups is 1. The summed E-state index contributed by atoms with van der Waals surface area (Å²) in [5.74, 6) is 2.73. The number of nitrogens with one attached hydrogen (secondary N) is 1. The zero-order valence-corrected chi connectivity index (χ0v) is 11.7. The van der Waals surface area contributed by atoms with E-state index in [1.165, 1.54) is 12.0 Å². The summed E-state index contributed by atoms with van der Waals surface area (Å²) in [4.78, 5) is 13.8. The maximum Gasteiger partial charge on any atom is 0.254 e. The zero-order valence-electron chi connectivity index (χ0n) is 11.7. The Hall–Kier alpha value is -1.73. The number of amides is 1. The summed E-state index contributed by atoms with van der Waals surface area (Å²) in [5.41, 5.74) is 1.39. The molecule has 0 aliphatic rings. The second-order valence-electron chi connectivity index (χ2n) is 4.54. The minimum absolute atomic E-state index is 0.0659. The van der Waals surface area contributed by atoms with Crippen LogP contribution in [0.3, 0.4) is 0 Å². The summed E-state index contributed by atoms with van der Waals surface area (Å²) < 4.78 is 32.1. The quantitative estimate of drug-likeness (QED) is 0.618. The summed E-state index contributed by atoms with van der Waals surface area (Å²) in [6, 6.07) is 1.81. The van der Waals surface area contributed by atoms with E-state index in [1.54, 1.807) is 0 Å². The van der Waals surface area contributed by atoms with E-state index in [-0.39, 0.29) is 11.6 Å². The maximum absolute atomic E-state index is 13.6. The molecule has 1 rings (SSSR count). The molecule has 0 unspecified atom stereocenters. The Morgan fingerprint density at radius 1 is 1.40 bits per heavy atom. The number of hydrogen-bond acceptors (Lipinski definition) is 4. The van der Waals surface area contributed by atoms with Crippen LogP contribution in [0.2, 0.25) is 0 Å². The number of ether oxygens (including phenoxy) is 1. The van der Waals surface area contributed by atoms with Gasteiger partial charge in [0.25, 0.3) is 5.91 Å². The van der Waals surface area contributed by atoms with Crippen LogP contribution < -0.4 is 11.3 Å². The van der Waals surface area contributed by atoms with Gasteiger partial charge in [-0.05, 0) is 26.0 Å². The van der Waals surface area contributed by atoms with E-state index in [2.05, 4.69) is 0 Å². The molecule has 3 N–H and O–H groups in total. The molecule has 7 heteroatoms. The third kappa shape index (κ3) is 3.64. The van der Waals surface area contributed by atoms with Gasteiger partial charge in [0.1, 0.15) is 5.69 Å². The molecule has 0 fully saturated rings. The highest BCUT2D eigenvalue weighted by Gasteiger charge is 2.21. The van der Waals surface area contributed by atoms with Crippen LogP contribution in [0.25, 0.3) is 0 Å². The lowest BCUT2D eigenvalue weighted by Gasteiger charge is -2.26. The van der Waals surface area contributed by atoms with Crippen molar-refractivity contribution in [3.8, 4) is 0 Å². The number of nitrogens with two attached hydrogens (primary N) is 1. The molecule has 0 radical (unpaired) electrons. The van der Waals surface area contributed by atoms with Crippen LogP contribution in [0.1, 0.15) is 24.2 Å². The first kappa shape index (κ1) is 16.3. The van der Waals surface area contributed by atoms with E-state index >= 15 is 0 Å². The molecule has 0 bridgehead atoms. The number of hydrogen-bond donors (Lipinski definition) is 2. The Labute approximate surface area is 116 Å². The second kappa shape index (κ2) is 7.16. The molecule has 0 aliphatic heterocycles. The number of hydrazine groups is 1. The van der Waals surface area contributed by atoms with E-state index in [9.17, 15) is 13.6 Å². The normalized spacial score (nSPS) is 10.8. The maximum atomic E-state index is 13.6. The van der Waals surface area contributed by atoms with Crippen LogP contribution in [-0.4, -0.2) is 37.1 Å². The van der Waals surface area contributed by atoms with E-state index in [0.29, 0.717) is 13.2 Å². The molecule has 0 aromatic heterocycles. The predicted octanol–water partition coefficient (Wildman–Crippen LogP) is 1.75. The minimum atomic E-state index is -0.911. The van der Waals surface area contributed by atoms with Crippen molar-refractivity contribution in [2.24, 2.45) is 5.84 Å². The number of nitrogen functional groups attached to an aromatic ring is 1. The van der Waals surface area contributed by atoms with Crippen LogP contribution in [0.4, 0.5) is 14.5 Å². The molecule has 5 nitrogen and oxygen atoms in total.